The van der Waals surface area contributed by atoms with Crippen molar-refractivity contribution in [3.05, 3.63) is 94.3 Å². The SMILES string of the molecule is Cc1cccc(C(=O)Nc2ccccc2SC[C@H]2CSc3nc4ccccc4c(=O)n32)c1. The maximum Gasteiger partial charge on any atom is 0.262 e. The number of hydrogen-bond donors (Lipinski definition) is 1. The summed E-state index contributed by atoms with van der Waals surface area (Å²) in [7, 11) is 0. The number of carbonyl (C=O) groups excluding carboxylic acids is 1. The van der Waals surface area contributed by atoms with Crippen molar-refractivity contribution in [1.29, 1.82) is 0 Å². The van der Waals surface area contributed by atoms with E-state index in [1.165, 1.54) is 0 Å². The summed E-state index contributed by atoms with van der Waals surface area (Å²) >= 11 is 3.27. The molecule has 2 heterocycles. The van der Waals surface area contributed by atoms with Crippen LogP contribution >= 0.6 is 23.5 Å². The van der Waals surface area contributed by atoms with E-state index in [1.807, 2.05) is 84.3 Å². The van der Waals surface area contributed by atoms with Gasteiger partial charge in [0.2, 0.25) is 0 Å². The van der Waals surface area contributed by atoms with Crippen LogP contribution in [0.4, 0.5) is 5.69 Å². The van der Waals surface area contributed by atoms with Gasteiger partial charge in [-0.05, 0) is 43.3 Å². The van der Waals surface area contributed by atoms with Crippen LogP contribution in [0.5, 0.6) is 0 Å². The lowest BCUT2D eigenvalue weighted by Crippen LogP contribution is -2.26. The minimum Gasteiger partial charge on any atom is -0.321 e. The average molecular weight is 460 g/mol. The monoisotopic (exact) mass is 459 g/mol. The normalized spacial score (nSPS) is 15.0. The molecule has 7 heteroatoms. The Morgan fingerprint density at radius 3 is 2.81 bits per heavy atom. The highest BCUT2D eigenvalue weighted by Gasteiger charge is 2.26. The highest BCUT2D eigenvalue weighted by Crippen LogP contribution is 2.36. The molecule has 1 amide bonds. The molecule has 5 rings (SSSR count). The van der Waals surface area contributed by atoms with Crippen LogP contribution in [0.25, 0.3) is 10.9 Å². The van der Waals surface area contributed by atoms with Gasteiger partial charge in [-0.2, -0.15) is 0 Å². The van der Waals surface area contributed by atoms with E-state index in [0.717, 1.165) is 38.3 Å². The Hall–Kier alpha value is -3.03. The van der Waals surface area contributed by atoms with Crippen LogP contribution in [0.2, 0.25) is 0 Å². The molecule has 0 radical (unpaired) electrons. The third-order valence-corrected chi connectivity index (χ3v) is 7.71. The molecule has 1 N–H and O–H groups in total. The Morgan fingerprint density at radius 1 is 1.12 bits per heavy atom. The lowest BCUT2D eigenvalue weighted by molar-refractivity contribution is 0.102. The summed E-state index contributed by atoms with van der Waals surface area (Å²) in [6, 6.07) is 22.9. The van der Waals surface area contributed by atoms with Crippen molar-refractivity contribution in [2.45, 2.75) is 23.0 Å². The molecule has 0 spiro atoms. The first-order chi connectivity index (χ1) is 15.6. The minimum atomic E-state index is -0.129. The number of aryl methyl sites for hydroxylation is 1. The first-order valence-electron chi connectivity index (χ1n) is 10.3. The van der Waals surface area contributed by atoms with E-state index >= 15 is 0 Å². The lowest BCUT2D eigenvalue weighted by Gasteiger charge is -2.15. The molecule has 0 aliphatic carbocycles. The number of para-hydroxylation sites is 2. The molecule has 160 valence electrons. The van der Waals surface area contributed by atoms with Crippen molar-refractivity contribution in [3.8, 4) is 0 Å². The fourth-order valence-electron chi connectivity index (χ4n) is 3.78. The second-order valence-electron chi connectivity index (χ2n) is 7.68. The van der Waals surface area contributed by atoms with Gasteiger partial charge in [0.25, 0.3) is 11.5 Å². The van der Waals surface area contributed by atoms with Gasteiger partial charge < -0.3 is 5.32 Å². The predicted octanol–water partition coefficient (Wildman–Crippen LogP) is 5.40. The van der Waals surface area contributed by atoms with E-state index in [2.05, 4.69) is 10.3 Å². The standard InChI is InChI=1S/C25H21N3O2S2/c1-16-7-6-8-17(13-16)23(29)26-21-11-4-5-12-22(21)31-14-18-15-32-25-27-20-10-3-2-9-19(20)24(30)28(18)25/h2-13,18H,14-15H2,1H3,(H,26,29)/t18-/m0/s1. The van der Waals surface area contributed by atoms with Crippen LogP contribution in [-0.2, 0) is 0 Å². The molecule has 1 aromatic heterocycles. The summed E-state index contributed by atoms with van der Waals surface area (Å²) in [6.07, 6.45) is 0. The highest BCUT2D eigenvalue weighted by atomic mass is 32.2. The van der Waals surface area contributed by atoms with Gasteiger partial charge in [-0.3, -0.25) is 14.2 Å². The van der Waals surface area contributed by atoms with Crippen LogP contribution in [0.15, 0.2) is 87.6 Å². The summed E-state index contributed by atoms with van der Waals surface area (Å²) in [5.74, 6) is 1.40. The summed E-state index contributed by atoms with van der Waals surface area (Å²) in [6.45, 7) is 1.97. The predicted molar refractivity (Wildman–Crippen MR) is 132 cm³/mol. The number of amides is 1. The molecule has 0 saturated carbocycles. The third-order valence-electron chi connectivity index (χ3n) is 5.39. The average Bonchev–Trinajstić information content (AvgIpc) is 3.22. The maximum absolute atomic E-state index is 13.1. The Bertz CT molecular complexity index is 1380. The molecule has 0 saturated heterocycles. The number of fused-ring (bicyclic) bond motifs is 2. The Morgan fingerprint density at radius 2 is 1.94 bits per heavy atom. The van der Waals surface area contributed by atoms with Gasteiger partial charge in [0.1, 0.15) is 0 Å². The van der Waals surface area contributed by atoms with Crippen molar-refractivity contribution in [2.75, 3.05) is 16.8 Å². The Labute approximate surface area is 194 Å². The van der Waals surface area contributed by atoms with Crippen LogP contribution in [0, 0.1) is 6.92 Å². The van der Waals surface area contributed by atoms with Gasteiger partial charge in [0.15, 0.2) is 5.16 Å². The number of anilines is 1. The number of hydrogen-bond acceptors (Lipinski definition) is 5. The fourth-order valence-corrected chi connectivity index (χ4v) is 6.16. The molecule has 0 fully saturated rings. The van der Waals surface area contributed by atoms with Gasteiger partial charge in [-0.15, -0.1) is 11.8 Å². The molecule has 1 aliphatic heterocycles. The van der Waals surface area contributed by atoms with Crippen molar-refractivity contribution in [2.24, 2.45) is 0 Å². The van der Waals surface area contributed by atoms with Crippen LogP contribution in [0.3, 0.4) is 0 Å². The third kappa shape index (κ3) is 4.06. The van der Waals surface area contributed by atoms with Crippen molar-refractivity contribution in [1.82, 2.24) is 9.55 Å². The smallest absolute Gasteiger partial charge is 0.262 e. The first kappa shape index (κ1) is 20.8. The van der Waals surface area contributed by atoms with Gasteiger partial charge in [0, 0.05) is 22.0 Å². The summed E-state index contributed by atoms with van der Waals surface area (Å²) in [5.41, 5.74) is 3.22. The van der Waals surface area contributed by atoms with Crippen LogP contribution < -0.4 is 10.9 Å². The Kier molecular flexibility index (Phi) is 5.76. The first-order valence-corrected chi connectivity index (χ1v) is 12.3. The Balaban J connectivity index is 1.36. The van der Waals surface area contributed by atoms with Gasteiger partial charge in [0.05, 0.1) is 22.6 Å². The number of rotatable bonds is 5. The van der Waals surface area contributed by atoms with E-state index in [-0.39, 0.29) is 17.5 Å². The zero-order chi connectivity index (χ0) is 22.1. The van der Waals surface area contributed by atoms with Crippen molar-refractivity contribution in [3.63, 3.8) is 0 Å². The number of aromatic nitrogens is 2. The van der Waals surface area contributed by atoms with Crippen molar-refractivity contribution < 1.29 is 4.79 Å². The molecule has 5 nitrogen and oxygen atoms in total. The number of carbonyl (C=O) groups is 1. The summed E-state index contributed by atoms with van der Waals surface area (Å²) < 4.78 is 1.83. The zero-order valence-corrected chi connectivity index (χ0v) is 19.1. The second kappa shape index (κ2) is 8.84. The number of thioether (sulfide) groups is 2. The van der Waals surface area contributed by atoms with Crippen LogP contribution in [0.1, 0.15) is 22.0 Å². The number of nitrogens with zero attached hydrogens (tertiary/aromatic N) is 2. The van der Waals surface area contributed by atoms with Gasteiger partial charge >= 0.3 is 0 Å². The van der Waals surface area contributed by atoms with E-state index in [9.17, 15) is 9.59 Å². The van der Waals surface area contributed by atoms with Gasteiger partial charge in [-0.25, -0.2) is 4.98 Å². The van der Waals surface area contributed by atoms with E-state index in [0.29, 0.717) is 10.9 Å². The fraction of sp³-hybridized carbons (Fsp3) is 0.160. The molecule has 1 atom stereocenters. The molecule has 3 aromatic carbocycles. The molecule has 1 aliphatic rings. The number of benzene rings is 3. The highest BCUT2D eigenvalue weighted by molar-refractivity contribution is 8.00. The number of nitrogens with one attached hydrogen (secondary N) is 1. The topological polar surface area (TPSA) is 64.0 Å². The molecular weight excluding hydrogens is 438 g/mol. The molecule has 32 heavy (non-hydrogen) atoms. The largest absolute Gasteiger partial charge is 0.321 e. The van der Waals surface area contributed by atoms with E-state index in [1.54, 1.807) is 23.5 Å². The summed E-state index contributed by atoms with van der Waals surface area (Å²) in [4.78, 5) is 31.5. The van der Waals surface area contributed by atoms with Crippen molar-refractivity contribution >= 4 is 46.0 Å². The maximum atomic E-state index is 13.1. The van der Waals surface area contributed by atoms with Gasteiger partial charge in [-0.1, -0.05) is 53.7 Å². The lowest BCUT2D eigenvalue weighted by atomic mass is 10.1. The molecule has 0 unspecified atom stereocenters. The molecule has 4 aromatic rings. The van der Waals surface area contributed by atoms with E-state index < -0.39 is 0 Å². The molecular formula is C25H21N3O2S2. The second-order valence-corrected chi connectivity index (χ2v) is 9.73. The quantitative estimate of drug-likeness (QED) is 0.320. The minimum absolute atomic E-state index is 0.0160. The zero-order valence-electron chi connectivity index (χ0n) is 17.4. The summed E-state index contributed by atoms with van der Waals surface area (Å²) in [5, 5.41) is 4.47. The van der Waals surface area contributed by atoms with E-state index in [4.69, 9.17) is 0 Å². The van der Waals surface area contributed by atoms with Crippen LogP contribution in [-0.4, -0.2) is 27.0 Å². The molecule has 0 bridgehead atoms.